The quantitative estimate of drug-likeness (QED) is 0.674. The first-order valence-corrected chi connectivity index (χ1v) is 3.41. The number of aliphatic carboxylic acids is 1. The summed E-state index contributed by atoms with van der Waals surface area (Å²) < 4.78 is 0. The highest BCUT2D eigenvalue weighted by Gasteiger charge is 2.02. The molecule has 1 rings (SSSR count). The van der Waals surface area contributed by atoms with E-state index in [1.54, 1.807) is 6.20 Å². The van der Waals surface area contributed by atoms with Gasteiger partial charge in [0.2, 0.25) is 0 Å². The maximum absolute atomic E-state index is 10.2. The maximum atomic E-state index is 10.2. The zero-order chi connectivity index (χ0) is 8.27. The molecule has 0 radical (unpaired) electrons. The Morgan fingerprint density at radius 2 is 2.55 bits per heavy atom. The number of aryl methyl sites for hydroxylation is 2. The van der Waals surface area contributed by atoms with Gasteiger partial charge < -0.3 is 5.11 Å². The van der Waals surface area contributed by atoms with Crippen molar-refractivity contribution in [2.75, 3.05) is 0 Å². The molecule has 0 aromatic carbocycles. The van der Waals surface area contributed by atoms with Gasteiger partial charge in [-0.15, -0.1) is 0 Å². The zero-order valence-corrected chi connectivity index (χ0v) is 6.29. The van der Waals surface area contributed by atoms with Gasteiger partial charge in [-0.25, -0.2) is 0 Å². The molecule has 0 atom stereocenters. The van der Waals surface area contributed by atoms with Crippen LogP contribution in [-0.4, -0.2) is 21.3 Å². The summed E-state index contributed by atoms with van der Waals surface area (Å²) in [5.41, 5.74) is 1.93. The predicted octanol–water partition coefficient (Wildman–Crippen LogP) is 0.735. The van der Waals surface area contributed by atoms with Gasteiger partial charge in [0.25, 0.3) is 0 Å². The normalized spacial score (nSPS) is 9.91. The van der Waals surface area contributed by atoms with Crippen LogP contribution in [0.3, 0.4) is 0 Å². The Labute approximate surface area is 64.2 Å². The highest BCUT2D eigenvalue weighted by Crippen LogP contribution is 2.04. The third-order valence-electron chi connectivity index (χ3n) is 1.52. The summed E-state index contributed by atoms with van der Waals surface area (Å²) >= 11 is 0. The second kappa shape index (κ2) is 3.18. The Hall–Kier alpha value is -1.32. The lowest BCUT2D eigenvalue weighted by Crippen LogP contribution is -1.98. The molecule has 1 aromatic rings. The van der Waals surface area contributed by atoms with Gasteiger partial charge in [0.1, 0.15) is 0 Å². The number of carboxylic acids is 1. The fraction of sp³-hybridized carbons (Fsp3) is 0.429. The van der Waals surface area contributed by atoms with E-state index in [1.807, 2.05) is 6.92 Å². The molecular formula is C7H10N2O2. The summed E-state index contributed by atoms with van der Waals surface area (Å²) in [6.07, 6.45) is 2.38. The standard InChI is InChI=1S/C7H10N2O2/c1-5-4-8-9-6(5)2-3-7(10)11/h4H,2-3H2,1H3,(H,8,9)(H,10,11). The Kier molecular flexibility index (Phi) is 2.25. The second-order valence-corrected chi connectivity index (χ2v) is 2.43. The first kappa shape index (κ1) is 7.78. The third-order valence-corrected chi connectivity index (χ3v) is 1.52. The molecule has 1 aromatic heterocycles. The molecule has 4 heteroatoms. The number of aromatic nitrogens is 2. The van der Waals surface area contributed by atoms with Crippen molar-refractivity contribution in [3.63, 3.8) is 0 Å². The van der Waals surface area contributed by atoms with Crippen LogP contribution in [0.15, 0.2) is 6.20 Å². The number of carboxylic acid groups (broad SMARTS) is 1. The zero-order valence-electron chi connectivity index (χ0n) is 6.29. The van der Waals surface area contributed by atoms with Gasteiger partial charge in [-0.1, -0.05) is 0 Å². The van der Waals surface area contributed by atoms with Gasteiger partial charge >= 0.3 is 5.97 Å². The Balaban J connectivity index is 2.51. The van der Waals surface area contributed by atoms with Crippen molar-refractivity contribution in [1.29, 1.82) is 0 Å². The van der Waals surface area contributed by atoms with E-state index in [2.05, 4.69) is 10.2 Å². The van der Waals surface area contributed by atoms with Crippen molar-refractivity contribution in [3.05, 3.63) is 17.5 Å². The Morgan fingerprint density at radius 3 is 3.00 bits per heavy atom. The first-order valence-electron chi connectivity index (χ1n) is 3.41. The molecule has 2 N–H and O–H groups in total. The molecule has 0 aliphatic rings. The highest BCUT2D eigenvalue weighted by molar-refractivity contribution is 5.67. The fourth-order valence-electron chi connectivity index (χ4n) is 0.858. The van der Waals surface area contributed by atoms with Crippen LogP contribution in [0.2, 0.25) is 0 Å². The van der Waals surface area contributed by atoms with E-state index in [1.165, 1.54) is 0 Å². The number of H-pyrrole nitrogens is 1. The molecule has 0 unspecified atom stereocenters. The number of nitrogens with zero attached hydrogens (tertiary/aromatic N) is 1. The molecule has 0 aliphatic carbocycles. The number of nitrogens with one attached hydrogen (secondary N) is 1. The molecule has 0 saturated heterocycles. The monoisotopic (exact) mass is 154 g/mol. The van der Waals surface area contributed by atoms with Gasteiger partial charge in [-0.3, -0.25) is 9.89 Å². The lowest BCUT2D eigenvalue weighted by Gasteiger charge is -1.93. The van der Waals surface area contributed by atoms with Crippen LogP contribution in [-0.2, 0) is 11.2 Å². The van der Waals surface area contributed by atoms with E-state index in [0.717, 1.165) is 11.3 Å². The smallest absolute Gasteiger partial charge is 0.303 e. The molecule has 0 amide bonds. The van der Waals surface area contributed by atoms with Gasteiger partial charge in [-0.05, 0) is 18.9 Å². The van der Waals surface area contributed by atoms with Crippen LogP contribution >= 0.6 is 0 Å². The van der Waals surface area contributed by atoms with E-state index in [4.69, 9.17) is 5.11 Å². The molecule has 0 spiro atoms. The van der Waals surface area contributed by atoms with Crippen LogP contribution in [0.25, 0.3) is 0 Å². The number of carbonyl (C=O) groups is 1. The number of hydrogen-bond acceptors (Lipinski definition) is 2. The van der Waals surface area contributed by atoms with Crippen molar-refractivity contribution in [2.45, 2.75) is 19.8 Å². The largest absolute Gasteiger partial charge is 0.481 e. The lowest BCUT2D eigenvalue weighted by molar-refractivity contribution is -0.136. The van der Waals surface area contributed by atoms with Gasteiger partial charge in [0.05, 0.1) is 12.6 Å². The average molecular weight is 154 g/mol. The molecule has 0 aliphatic heterocycles. The Bertz CT molecular complexity index is 255. The lowest BCUT2D eigenvalue weighted by atomic mass is 10.2. The SMILES string of the molecule is Cc1cn[nH]c1CCC(=O)O. The van der Waals surface area contributed by atoms with E-state index < -0.39 is 5.97 Å². The van der Waals surface area contributed by atoms with Crippen LogP contribution in [0.4, 0.5) is 0 Å². The summed E-state index contributed by atoms with van der Waals surface area (Å²) in [7, 11) is 0. The summed E-state index contributed by atoms with van der Waals surface area (Å²) in [5.74, 6) is -0.779. The first-order chi connectivity index (χ1) is 5.20. The van der Waals surface area contributed by atoms with Crippen molar-refractivity contribution in [3.8, 4) is 0 Å². The molecular weight excluding hydrogens is 144 g/mol. The van der Waals surface area contributed by atoms with Crippen molar-refractivity contribution in [2.24, 2.45) is 0 Å². The molecule has 11 heavy (non-hydrogen) atoms. The van der Waals surface area contributed by atoms with Crippen LogP contribution < -0.4 is 0 Å². The van der Waals surface area contributed by atoms with E-state index >= 15 is 0 Å². The number of rotatable bonds is 3. The van der Waals surface area contributed by atoms with Crippen LogP contribution in [0.1, 0.15) is 17.7 Å². The summed E-state index contributed by atoms with van der Waals surface area (Å²) in [5, 5.41) is 14.9. The number of hydrogen-bond donors (Lipinski definition) is 2. The minimum absolute atomic E-state index is 0.156. The summed E-state index contributed by atoms with van der Waals surface area (Å²) in [6, 6.07) is 0. The summed E-state index contributed by atoms with van der Waals surface area (Å²) in [4.78, 5) is 10.2. The molecule has 0 bridgehead atoms. The minimum Gasteiger partial charge on any atom is -0.481 e. The highest BCUT2D eigenvalue weighted by atomic mass is 16.4. The van der Waals surface area contributed by atoms with Gasteiger partial charge in [0, 0.05) is 5.69 Å². The summed E-state index contributed by atoms with van der Waals surface area (Å²) in [6.45, 7) is 1.90. The van der Waals surface area contributed by atoms with E-state index in [0.29, 0.717) is 6.42 Å². The fourth-order valence-corrected chi connectivity index (χ4v) is 0.858. The predicted molar refractivity (Wildman–Crippen MR) is 39.3 cm³/mol. The molecule has 0 fully saturated rings. The Morgan fingerprint density at radius 1 is 1.82 bits per heavy atom. The van der Waals surface area contributed by atoms with Crippen molar-refractivity contribution in [1.82, 2.24) is 10.2 Å². The van der Waals surface area contributed by atoms with E-state index in [9.17, 15) is 4.79 Å². The molecule has 0 saturated carbocycles. The van der Waals surface area contributed by atoms with Crippen molar-refractivity contribution >= 4 is 5.97 Å². The minimum atomic E-state index is -0.779. The van der Waals surface area contributed by atoms with Crippen LogP contribution in [0, 0.1) is 6.92 Å². The van der Waals surface area contributed by atoms with Crippen molar-refractivity contribution < 1.29 is 9.90 Å². The topological polar surface area (TPSA) is 66.0 Å². The molecule has 4 nitrogen and oxygen atoms in total. The number of aromatic amines is 1. The van der Waals surface area contributed by atoms with Crippen LogP contribution in [0.5, 0.6) is 0 Å². The van der Waals surface area contributed by atoms with Gasteiger partial charge in [-0.2, -0.15) is 5.10 Å². The molecule has 1 heterocycles. The van der Waals surface area contributed by atoms with Gasteiger partial charge in [0.15, 0.2) is 0 Å². The average Bonchev–Trinajstić information content (AvgIpc) is 2.31. The second-order valence-electron chi connectivity index (χ2n) is 2.43. The molecule has 60 valence electrons. The maximum Gasteiger partial charge on any atom is 0.303 e. The third kappa shape index (κ3) is 2.07. The van der Waals surface area contributed by atoms with E-state index in [-0.39, 0.29) is 6.42 Å².